The zero-order chi connectivity index (χ0) is 18.0. The molecular weight excluding hydrogens is 328 g/mol. The fourth-order valence-corrected chi connectivity index (χ4v) is 3.76. The highest BCUT2D eigenvalue weighted by Gasteiger charge is 2.13. The van der Waals surface area contributed by atoms with Gasteiger partial charge in [0.05, 0.1) is 12.2 Å². The van der Waals surface area contributed by atoms with Crippen LogP contribution in [0.1, 0.15) is 37.6 Å². The summed E-state index contributed by atoms with van der Waals surface area (Å²) in [5, 5.41) is 4.02. The summed E-state index contributed by atoms with van der Waals surface area (Å²) in [5.41, 5.74) is 6.36. The molecule has 0 atom stereocenters. The molecule has 3 aromatic rings. The molecule has 2 aromatic carbocycles. The number of carbonyl (C=O) groups is 1. The van der Waals surface area contributed by atoms with Crippen LogP contribution in [-0.4, -0.2) is 10.9 Å². The van der Waals surface area contributed by atoms with Crippen LogP contribution in [0.3, 0.4) is 0 Å². The van der Waals surface area contributed by atoms with Gasteiger partial charge in [0.25, 0.3) is 5.91 Å². The molecule has 0 aliphatic heterocycles. The standard InChI is InChI=1S/C21H22N2OS/c1-13-9-10-17(11-15(13)3)20(24)22-12-19-16(4)23-21(25-19)18-8-6-5-7-14(18)2/h5-11H,12H2,1-4H3,(H,22,24). The minimum Gasteiger partial charge on any atom is -0.347 e. The summed E-state index contributed by atoms with van der Waals surface area (Å²) in [6.07, 6.45) is 0. The molecule has 0 aliphatic rings. The van der Waals surface area contributed by atoms with Gasteiger partial charge in [0.2, 0.25) is 0 Å². The van der Waals surface area contributed by atoms with Gasteiger partial charge in [-0.1, -0.05) is 30.3 Å². The van der Waals surface area contributed by atoms with Gasteiger partial charge in [-0.3, -0.25) is 4.79 Å². The average molecular weight is 350 g/mol. The fraction of sp³-hybridized carbons (Fsp3) is 0.238. The maximum absolute atomic E-state index is 12.4. The van der Waals surface area contributed by atoms with Gasteiger partial charge in [0.15, 0.2) is 0 Å². The molecule has 3 rings (SSSR count). The van der Waals surface area contributed by atoms with Gasteiger partial charge in [-0.25, -0.2) is 4.98 Å². The minimum absolute atomic E-state index is 0.0478. The number of hydrogen-bond donors (Lipinski definition) is 1. The van der Waals surface area contributed by atoms with Crippen LogP contribution < -0.4 is 5.32 Å². The Labute approximate surface area is 152 Å². The number of nitrogens with one attached hydrogen (secondary N) is 1. The second-order valence-electron chi connectivity index (χ2n) is 6.32. The van der Waals surface area contributed by atoms with Gasteiger partial charge in [-0.05, 0) is 56.5 Å². The maximum atomic E-state index is 12.4. The number of carbonyl (C=O) groups excluding carboxylic acids is 1. The van der Waals surface area contributed by atoms with Crippen molar-refractivity contribution < 1.29 is 4.79 Å². The van der Waals surface area contributed by atoms with Gasteiger partial charge in [-0.2, -0.15) is 0 Å². The zero-order valence-corrected chi connectivity index (χ0v) is 15.8. The number of hydrogen-bond acceptors (Lipinski definition) is 3. The molecule has 0 spiro atoms. The molecule has 4 heteroatoms. The van der Waals surface area contributed by atoms with Gasteiger partial charge in [0, 0.05) is 16.0 Å². The van der Waals surface area contributed by atoms with E-state index in [9.17, 15) is 4.79 Å². The molecule has 1 aromatic heterocycles. The largest absolute Gasteiger partial charge is 0.347 e. The van der Waals surface area contributed by atoms with E-state index in [1.54, 1.807) is 11.3 Å². The first kappa shape index (κ1) is 17.4. The summed E-state index contributed by atoms with van der Waals surface area (Å²) in [4.78, 5) is 18.2. The van der Waals surface area contributed by atoms with Crippen LogP contribution in [0.2, 0.25) is 0 Å². The van der Waals surface area contributed by atoms with E-state index in [0.717, 1.165) is 26.7 Å². The zero-order valence-electron chi connectivity index (χ0n) is 15.0. The number of benzene rings is 2. The fourth-order valence-electron chi connectivity index (χ4n) is 2.67. The molecule has 1 amide bonds. The van der Waals surface area contributed by atoms with E-state index < -0.39 is 0 Å². The molecule has 0 aliphatic carbocycles. The predicted octanol–water partition coefficient (Wildman–Crippen LogP) is 4.97. The minimum atomic E-state index is -0.0478. The van der Waals surface area contributed by atoms with Crippen molar-refractivity contribution in [3.8, 4) is 10.6 Å². The van der Waals surface area contributed by atoms with Crippen LogP contribution in [0.25, 0.3) is 10.6 Å². The first-order valence-electron chi connectivity index (χ1n) is 8.33. The Balaban J connectivity index is 1.74. The summed E-state index contributed by atoms with van der Waals surface area (Å²) in [7, 11) is 0. The smallest absolute Gasteiger partial charge is 0.251 e. The van der Waals surface area contributed by atoms with Gasteiger partial charge < -0.3 is 5.32 Å². The monoisotopic (exact) mass is 350 g/mol. The lowest BCUT2D eigenvalue weighted by atomic mass is 10.1. The van der Waals surface area contributed by atoms with E-state index in [1.165, 1.54) is 11.1 Å². The molecule has 0 saturated carbocycles. The van der Waals surface area contributed by atoms with Crippen LogP contribution in [0.5, 0.6) is 0 Å². The van der Waals surface area contributed by atoms with Crippen molar-refractivity contribution in [2.24, 2.45) is 0 Å². The van der Waals surface area contributed by atoms with E-state index in [4.69, 9.17) is 0 Å². The number of nitrogens with zero attached hydrogens (tertiary/aromatic N) is 1. The summed E-state index contributed by atoms with van der Waals surface area (Å²) in [6.45, 7) is 8.66. The van der Waals surface area contributed by atoms with E-state index in [1.807, 2.05) is 51.1 Å². The van der Waals surface area contributed by atoms with Crippen molar-refractivity contribution >= 4 is 17.2 Å². The highest BCUT2D eigenvalue weighted by Crippen LogP contribution is 2.30. The predicted molar refractivity (Wildman–Crippen MR) is 104 cm³/mol. The molecule has 3 nitrogen and oxygen atoms in total. The first-order valence-corrected chi connectivity index (χ1v) is 9.15. The van der Waals surface area contributed by atoms with Crippen LogP contribution in [-0.2, 0) is 6.54 Å². The Morgan fingerprint density at radius 2 is 1.76 bits per heavy atom. The number of rotatable bonds is 4. The van der Waals surface area contributed by atoms with Crippen molar-refractivity contribution in [3.05, 3.63) is 75.3 Å². The summed E-state index contributed by atoms with van der Waals surface area (Å²) in [5.74, 6) is -0.0478. The Hall–Kier alpha value is -2.46. The van der Waals surface area contributed by atoms with Gasteiger partial charge in [0.1, 0.15) is 5.01 Å². The van der Waals surface area contributed by atoms with E-state index >= 15 is 0 Å². The number of amides is 1. The number of aryl methyl sites for hydroxylation is 4. The molecule has 0 saturated heterocycles. The van der Waals surface area contributed by atoms with Crippen molar-refractivity contribution in [2.75, 3.05) is 0 Å². The molecular formula is C21H22N2OS. The third-order valence-corrected chi connectivity index (χ3v) is 5.64. The SMILES string of the molecule is Cc1ccc(C(=O)NCc2sc(-c3ccccc3C)nc2C)cc1C. The second kappa shape index (κ2) is 7.19. The van der Waals surface area contributed by atoms with Gasteiger partial charge in [-0.15, -0.1) is 11.3 Å². The van der Waals surface area contributed by atoms with Crippen LogP contribution >= 0.6 is 11.3 Å². The quantitative estimate of drug-likeness (QED) is 0.721. The van der Waals surface area contributed by atoms with E-state index in [2.05, 4.69) is 29.4 Å². The third-order valence-electron chi connectivity index (χ3n) is 4.45. The Bertz CT molecular complexity index is 927. The summed E-state index contributed by atoms with van der Waals surface area (Å²) >= 11 is 1.64. The van der Waals surface area contributed by atoms with E-state index in [-0.39, 0.29) is 5.91 Å². The lowest BCUT2D eigenvalue weighted by Gasteiger charge is -2.06. The summed E-state index contributed by atoms with van der Waals surface area (Å²) in [6, 6.07) is 14.0. The molecule has 25 heavy (non-hydrogen) atoms. The lowest BCUT2D eigenvalue weighted by molar-refractivity contribution is 0.0951. The normalized spacial score (nSPS) is 10.7. The van der Waals surface area contributed by atoms with Crippen molar-refractivity contribution in [1.29, 1.82) is 0 Å². The average Bonchev–Trinajstić information content (AvgIpc) is 2.96. The Morgan fingerprint density at radius 3 is 2.48 bits per heavy atom. The lowest BCUT2D eigenvalue weighted by Crippen LogP contribution is -2.22. The first-order chi connectivity index (χ1) is 12.0. The topological polar surface area (TPSA) is 42.0 Å². The number of aromatic nitrogens is 1. The van der Waals surface area contributed by atoms with Gasteiger partial charge >= 0.3 is 0 Å². The second-order valence-corrected chi connectivity index (χ2v) is 7.41. The molecule has 0 radical (unpaired) electrons. The van der Waals surface area contributed by atoms with Crippen LogP contribution in [0.4, 0.5) is 0 Å². The Kier molecular flexibility index (Phi) is 5.00. The van der Waals surface area contributed by atoms with Crippen molar-refractivity contribution in [1.82, 2.24) is 10.3 Å². The molecule has 0 unspecified atom stereocenters. The van der Waals surface area contributed by atoms with E-state index in [0.29, 0.717) is 12.1 Å². The van der Waals surface area contributed by atoms with Crippen molar-refractivity contribution in [2.45, 2.75) is 34.2 Å². The number of thiazole rings is 1. The maximum Gasteiger partial charge on any atom is 0.251 e. The van der Waals surface area contributed by atoms with Crippen LogP contribution in [0, 0.1) is 27.7 Å². The highest BCUT2D eigenvalue weighted by molar-refractivity contribution is 7.15. The highest BCUT2D eigenvalue weighted by atomic mass is 32.1. The van der Waals surface area contributed by atoms with Crippen molar-refractivity contribution in [3.63, 3.8) is 0 Å². The molecule has 0 fully saturated rings. The molecule has 1 N–H and O–H groups in total. The molecule has 128 valence electrons. The third kappa shape index (κ3) is 3.80. The Morgan fingerprint density at radius 1 is 1.00 bits per heavy atom. The van der Waals surface area contributed by atoms with Crippen LogP contribution in [0.15, 0.2) is 42.5 Å². The molecule has 1 heterocycles. The molecule has 0 bridgehead atoms. The summed E-state index contributed by atoms with van der Waals surface area (Å²) < 4.78 is 0.